The number of halogens is 1. The van der Waals surface area contributed by atoms with Gasteiger partial charge in [0.05, 0.1) is 11.5 Å². The Hall–Kier alpha value is -3.41. The number of nitrogens with two attached hydrogens (primary N) is 1. The highest BCUT2D eigenvalue weighted by molar-refractivity contribution is 8.13. The van der Waals surface area contributed by atoms with E-state index < -0.39 is 19.1 Å². The van der Waals surface area contributed by atoms with Crippen LogP contribution in [0.3, 0.4) is 0 Å². The van der Waals surface area contributed by atoms with Gasteiger partial charge in [0.1, 0.15) is 0 Å². The van der Waals surface area contributed by atoms with Crippen LogP contribution < -0.4 is 10.5 Å². The molecule has 3 N–H and O–H groups in total. The molecule has 2 aliphatic heterocycles. The fraction of sp³-hybridized carbons (Fsp3) is 0.478. The van der Waals surface area contributed by atoms with Crippen LogP contribution >= 0.6 is 10.7 Å². The number of sulfonamides is 1. The third-order valence-corrected chi connectivity index (χ3v) is 15.9. The molecule has 8 rings (SSSR count). The number of nitrogen functional groups attached to an aromatic ring is 1. The molecule has 2 saturated carbocycles. The third-order valence-electron chi connectivity index (χ3n) is 13.2. The maximum atomic E-state index is 11.9. The number of anilines is 2. The van der Waals surface area contributed by atoms with Crippen LogP contribution in [-0.4, -0.2) is 77.4 Å². The van der Waals surface area contributed by atoms with Crippen LogP contribution in [0.5, 0.6) is 0 Å². The highest BCUT2D eigenvalue weighted by Crippen LogP contribution is 2.64. The number of hydrogen-bond donors (Lipinski definition) is 2. The minimum absolute atomic E-state index is 0.00849. The van der Waals surface area contributed by atoms with Crippen molar-refractivity contribution in [1.29, 1.82) is 0 Å². The second-order valence-corrected chi connectivity index (χ2v) is 21.8. The predicted octanol–water partition coefficient (Wildman–Crippen LogP) is 8.20. The second kappa shape index (κ2) is 18.2. The van der Waals surface area contributed by atoms with E-state index in [0.29, 0.717) is 22.9 Å². The van der Waals surface area contributed by atoms with Crippen LogP contribution in [0.2, 0.25) is 0 Å². The van der Waals surface area contributed by atoms with Crippen molar-refractivity contribution < 1.29 is 16.8 Å². The lowest BCUT2D eigenvalue weighted by Gasteiger charge is -2.24. The van der Waals surface area contributed by atoms with Gasteiger partial charge in [-0.25, -0.2) is 16.8 Å². The Morgan fingerprint density at radius 2 is 1.05 bits per heavy atom. The van der Waals surface area contributed by atoms with Crippen LogP contribution in [0, 0.1) is 23.7 Å². The van der Waals surface area contributed by atoms with Crippen molar-refractivity contribution in [2.24, 2.45) is 23.7 Å². The van der Waals surface area contributed by atoms with E-state index in [2.05, 4.69) is 124 Å². The normalized spacial score (nSPS) is 26.3. The van der Waals surface area contributed by atoms with E-state index >= 15 is 0 Å². The molecule has 0 radical (unpaired) electrons. The summed E-state index contributed by atoms with van der Waals surface area (Å²) in [6.45, 7) is 15.1. The predicted molar refractivity (Wildman–Crippen MR) is 237 cm³/mol. The average molecular weight is 834 g/mol. The summed E-state index contributed by atoms with van der Waals surface area (Å²) in [6, 6.07) is 38.1. The first-order chi connectivity index (χ1) is 27.2. The van der Waals surface area contributed by atoms with E-state index in [9.17, 15) is 16.8 Å². The molecular weight excluding hydrogens is 772 g/mol. The molecule has 4 unspecified atom stereocenters. The molecule has 4 aromatic carbocycles. The summed E-state index contributed by atoms with van der Waals surface area (Å²) in [5.74, 6) is 3.11. The molecule has 2 aliphatic carbocycles. The van der Waals surface area contributed by atoms with E-state index in [0.717, 1.165) is 43.6 Å². The Morgan fingerprint density at radius 1 is 0.632 bits per heavy atom. The zero-order valence-electron chi connectivity index (χ0n) is 34.0. The molecule has 0 amide bonds. The Kier molecular flexibility index (Phi) is 13.8. The summed E-state index contributed by atoms with van der Waals surface area (Å²) in [7, 11) is -1.73. The van der Waals surface area contributed by atoms with Crippen LogP contribution in [-0.2, 0) is 42.7 Å². The lowest BCUT2D eigenvalue weighted by Crippen LogP contribution is -2.30. The lowest BCUT2D eigenvalue weighted by atomic mass is 9.92. The summed E-state index contributed by atoms with van der Waals surface area (Å²) in [5, 5.41) is 0. The smallest absolute Gasteiger partial charge is 0.232 e. The van der Waals surface area contributed by atoms with Gasteiger partial charge in [-0.2, -0.15) is 0 Å². The maximum absolute atomic E-state index is 11.9. The number of rotatable bonds is 14. The van der Waals surface area contributed by atoms with Crippen molar-refractivity contribution in [1.82, 2.24) is 9.80 Å². The van der Waals surface area contributed by atoms with Crippen molar-refractivity contribution in [2.75, 3.05) is 61.2 Å². The van der Waals surface area contributed by atoms with Gasteiger partial charge in [-0.15, -0.1) is 0 Å². The summed E-state index contributed by atoms with van der Waals surface area (Å²) in [5.41, 5.74) is 13.7. The standard InChI is InChI=1S/C23H30N2O2S.C21H26N2.C2H5ClO2S/c1-3-28(26,27)24-20-13-7-12-19(15-20)23(2)21-16-25(17-22(21)23)14-8-11-18-9-5-4-6-10-18;1-21(17-10-5-11-18(22)13-17)19-14-23(15-20(19)21)12-6-9-16-7-3-2-4-8-16;1-2-6(3,4)5/h4-7,9-10,12-13,15,21-22,24H,3,8,11,14,16-17H2,1-2H3;2-5,7-8,10-11,13,19-20H,6,9,12,14-15,22H2,1H3;2H2,1H3. The molecular formula is C46H61ClN4O4S2. The van der Waals surface area contributed by atoms with Gasteiger partial charge >= 0.3 is 0 Å². The third kappa shape index (κ3) is 10.8. The first-order valence-corrected chi connectivity index (χ1v) is 24.7. The van der Waals surface area contributed by atoms with Gasteiger partial charge in [0, 0.05) is 59.1 Å². The van der Waals surface area contributed by atoms with Gasteiger partial charge in [0.25, 0.3) is 0 Å². The first-order valence-electron chi connectivity index (χ1n) is 20.6. The van der Waals surface area contributed by atoms with E-state index in [-0.39, 0.29) is 16.9 Å². The molecule has 4 aliphatic rings. The number of fused-ring (bicyclic) bond motifs is 2. The Morgan fingerprint density at radius 3 is 1.46 bits per heavy atom. The van der Waals surface area contributed by atoms with Gasteiger partial charge in [0.15, 0.2) is 0 Å². The average Bonchev–Trinajstić information content (AvgIpc) is 3.67. The fourth-order valence-corrected chi connectivity index (χ4v) is 10.1. The number of aryl methyl sites for hydroxylation is 2. The largest absolute Gasteiger partial charge is 0.399 e. The number of piperidine rings is 2. The summed E-state index contributed by atoms with van der Waals surface area (Å²) in [4.78, 5) is 5.26. The maximum Gasteiger partial charge on any atom is 0.232 e. The van der Waals surface area contributed by atoms with Crippen LogP contribution in [0.15, 0.2) is 109 Å². The molecule has 0 spiro atoms. The lowest BCUT2D eigenvalue weighted by molar-refractivity contribution is 0.274. The van der Waals surface area contributed by atoms with Crippen molar-refractivity contribution in [3.63, 3.8) is 0 Å². The molecule has 308 valence electrons. The van der Waals surface area contributed by atoms with Crippen LogP contribution in [0.1, 0.15) is 62.8 Å². The van der Waals surface area contributed by atoms with E-state index in [1.54, 1.807) is 6.92 Å². The minimum Gasteiger partial charge on any atom is -0.399 e. The highest BCUT2D eigenvalue weighted by atomic mass is 35.7. The molecule has 4 fully saturated rings. The fourth-order valence-electron chi connectivity index (χ4n) is 9.49. The van der Waals surface area contributed by atoms with Crippen LogP contribution in [0.25, 0.3) is 0 Å². The van der Waals surface area contributed by atoms with E-state index in [4.69, 9.17) is 5.73 Å². The molecule has 0 aromatic heterocycles. The molecule has 4 aromatic rings. The monoisotopic (exact) mass is 832 g/mol. The van der Waals surface area contributed by atoms with Crippen molar-refractivity contribution in [3.05, 3.63) is 131 Å². The summed E-state index contributed by atoms with van der Waals surface area (Å²) in [6.07, 6.45) is 4.80. The zero-order chi connectivity index (χ0) is 40.8. The Labute approximate surface area is 346 Å². The molecule has 8 nitrogen and oxygen atoms in total. The molecule has 11 heteroatoms. The van der Waals surface area contributed by atoms with Gasteiger partial charge in [-0.05, 0) is 116 Å². The first kappa shape index (κ1) is 43.2. The minimum atomic E-state index is -3.23. The van der Waals surface area contributed by atoms with Gasteiger partial charge < -0.3 is 15.5 Å². The highest BCUT2D eigenvalue weighted by Gasteiger charge is 2.66. The second-order valence-electron chi connectivity index (χ2n) is 16.7. The van der Waals surface area contributed by atoms with Gasteiger partial charge in [0.2, 0.25) is 19.1 Å². The Bertz CT molecular complexity index is 2130. The SMILES string of the molecule is CC1(c2cccc(N)c2)C2CN(CCCc3ccccc3)CC21.CCS(=O)(=O)Cl.CCS(=O)(=O)Nc1cccc(C2(C)C3CN(CCCc4ccccc4)CC32)c1. The molecule has 0 bridgehead atoms. The summed E-state index contributed by atoms with van der Waals surface area (Å²) < 4.78 is 46.0. The van der Waals surface area contributed by atoms with E-state index in [1.807, 2.05) is 24.3 Å². The summed E-state index contributed by atoms with van der Waals surface area (Å²) >= 11 is 0. The van der Waals surface area contributed by atoms with Crippen molar-refractivity contribution in [3.8, 4) is 0 Å². The number of benzene rings is 4. The van der Waals surface area contributed by atoms with Crippen molar-refractivity contribution >= 4 is 41.1 Å². The number of hydrogen-bond acceptors (Lipinski definition) is 7. The number of nitrogens with one attached hydrogen (secondary N) is 1. The van der Waals surface area contributed by atoms with E-state index in [1.165, 1.54) is 68.1 Å². The topological polar surface area (TPSA) is 113 Å². The van der Waals surface area contributed by atoms with Crippen LogP contribution in [0.4, 0.5) is 11.4 Å². The van der Waals surface area contributed by atoms with Gasteiger partial charge in [-0.3, -0.25) is 4.72 Å². The number of nitrogens with zero attached hydrogens (tertiary/aromatic N) is 2. The number of likely N-dealkylation sites (tertiary alicyclic amines) is 2. The molecule has 57 heavy (non-hydrogen) atoms. The quantitative estimate of drug-likeness (QED) is 0.0974. The van der Waals surface area contributed by atoms with Gasteiger partial charge in [-0.1, -0.05) is 106 Å². The molecule has 4 atom stereocenters. The molecule has 2 heterocycles. The Balaban J connectivity index is 0.000000171. The van der Waals surface area contributed by atoms with Crippen molar-refractivity contribution in [2.45, 2.75) is 64.2 Å². The molecule has 2 saturated heterocycles. The zero-order valence-corrected chi connectivity index (χ0v) is 36.4.